The van der Waals surface area contributed by atoms with E-state index in [1.54, 1.807) is 0 Å². The lowest BCUT2D eigenvalue weighted by Gasteiger charge is -2.03. The minimum absolute atomic E-state index is 0. The molecule has 0 aromatic carbocycles. The van der Waals surface area contributed by atoms with Crippen molar-refractivity contribution in [2.24, 2.45) is 0 Å². The zero-order valence-corrected chi connectivity index (χ0v) is 12.5. The van der Waals surface area contributed by atoms with Gasteiger partial charge in [-0.25, -0.2) is 4.98 Å². The highest BCUT2D eigenvalue weighted by atomic mass is 35.5. The van der Waals surface area contributed by atoms with Gasteiger partial charge in [0.05, 0.1) is 0 Å². The summed E-state index contributed by atoms with van der Waals surface area (Å²) in [5, 5.41) is 0.655. The van der Waals surface area contributed by atoms with Crippen molar-refractivity contribution in [1.29, 1.82) is 0 Å². The number of nitrogens with zero attached hydrogens (tertiary/aromatic N) is 2. The van der Waals surface area contributed by atoms with Crippen LogP contribution in [0.4, 0.5) is 0 Å². The van der Waals surface area contributed by atoms with Gasteiger partial charge in [-0.15, -0.1) is 12.4 Å². The highest BCUT2D eigenvalue weighted by molar-refractivity contribution is 7.98. The van der Waals surface area contributed by atoms with E-state index in [0.717, 1.165) is 23.4 Å². The molecule has 19 heavy (non-hydrogen) atoms. The van der Waals surface area contributed by atoms with Gasteiger partial charge in [-0.3, -0.25) is 9.78 Å². The van der Waals surface area contributed by atoms with E-state index in [4.69, 9.17) is 0 Å². The van der Waals surface area contributed by atoms with Crippen LogP contribution >= 0.6 is 24.2 Å². The van der Waals surface area contributed by atoms with Gasteiger partial charge >= 0.3 is 0 Å². The normalized spacial score (nSPS) is 10.0. The predicted molar refractivity (Wildman–Crippen MR) is 80.0 cm³/mol. The van der Waals surface area contributed by atoms with Crippen LogP contribution in [0.25, 0.3) is 0 Å². The summed E-state index contributed by atoms with van der Waals surface area (Å²) in [4.78, 5) is 22.5. The van der Waals surface area contributed by atoms with Crippen molar-refractivity contribution in [2.45, 2.75) is 31.2 Å². The van der Waals surface area contributed by atoms with Gasteiger partial charge in [-0.2, -0.15) is 0 Å². The van der Waals surface area contributed by atoms with Crippen LogP contribution < -0.4 is 5.56 Å². The van der Waals surface area contributed by atoms with Crippen LogP contribution in [0.3, 0.4) is 0 Å². The van der Waals surface area contributed by atoms with Crippen LogP contribution in [0.1, 0.15) is 23.7 Å². The molecule has 0 saturated carbocycles. The molecule has 102 valence electrons. The van der Waals surface area contributed by atoms with Crippen LogP contribution in [0, 0.1) is 6.92 Å². The number of aromatic nitrogens is 3. The monoisotopic (exact) mass is 297 g/mol. The molecule has 0 bridgehead atoms. The molecule has 0 amide bonds. The number of thioether (sulfide) groups is 1. The Morgan fingerprint density at radius 3 is 2.68 bits per heavy atom. The van der Waals surface area contributed by atoms with Gasteiger partial charge in [-0.1, -0.05) is 24.8 Å². The van der Waals surface area contributed by atoms with Crippen molar-refractivity contribution < 1.29 is 0 Å². The number of pyridine rings is 1. The van der Waals surface area contributed by atoms with Crippen LogP contribution in [0.2, 0.25) is 0 Å². The number of aromatic amines is 1. The second-order valence-corrected chi connectivity index (χ2v) is 5.00. The van der Waals surface area contributed by atoms with Crippen LogP contribution in [-0.2, 0) is 12.2 Å². The molecule has 6 heteroatoms. The Kier molecular flexibility index (Phi) is 6.05. The number of halogens is 1. The van der Waals surface area contributed by atoms with E-state index in [-0.39, 0.29) is 18.0 Å². The average Bonchev–Trinajstić information content (AvgIpc) is 2.35. The van der Waals surface area contributed by atoms with Crippen molar-refractivity contribution in [1.82, 2.24) is 15.0 Å². The third kappa shape index (κ3) is 4.69. The van der Waals surface area contributed by atoms with Crippen LogP contribution in [-0.4, -0.2) is 15.0 Å². The Bertz CT molecular complexity index is 600. The molecule has 0 aliphatic heterocycles. The molecule has 4 nitrogen and oxygen atoms in total. The Balaban J connectivity index is 0.00000180. The summed E-state index contributed by atoms with van der Waals surface area (Å²) in [5.41, 5.74) is 2.99. The van der Waals surface area contributed by atoms with Crippen molar-refractivity contribution in [2.75, 3.05) is 0 Å². The lowest BCUT2D eigenvalue weighted by atomic mass is 10.2. The van der Waals surface area contributed by atoms with Gasteiger partial charge in [-0.05, 0) is 24.5 Å². The topological polar surface area (TPSA) is 58.6 Å². The van der Waals surface area contributed by atoms with Gasteiger partial charge in [0.2, 0.25) is 0 Å². The van der Waals surface area contributed by atoms with Gasteiger partial charge < -0.3 is 4.98 Å². The third-order valence-electron chi connectivity index (χ3n) is 2.48. The summed E-state index contributed by atoms with van der Waals surface area (Å²) >= 11 is 1.51. The van der Waals surface area contributed by atoms with Crippen LogP contribution in [0.15, 0.2) is 34.5 Å². The highest BCUT2D eigenvalue weighted by Gasteiger charge is 2.01. The molecule has 0 spiro atoms. The smallest absolute Gasteiger partial charge is 0.251 e. The molecule has 2 aromatic heterocycles. The number of hydrogen-bond donors (Lipinski definition) is 1. The van der Waals surface area contributed by atoms with Gasteiger partial charge in [0.1, 0.15) is 0 Å². The van der Waals surface area contributed by atoms with Crippen molar-refractivity contribution >= 4 is 24.2 Å². The Morgan fingerprint density at radius 1 is 1.26 bits per heavy atom. The van der Waals surface area contributed by atoms with Gasteiger partial charge in [0, 0.05) is 29.9 Å². The maximum absolute atomic E-state index is 11.3. The molecule has 0 aliphatic carbocycles. The minimum Gasteiger partial charge on any atom is -0.301 e. The van der Waals surface area contributed by atoms with Crippen LogP contribution in [0.5, 0.6) is 0 Å². The molecule has 0 fully saturated rings. The first-order chi connectivity index (χ1) is 8.67. The van der Waals surface area contributed by atoms with Crippen molar-refractivity contribution in [3.63, 3.8) is 0 Å². The van der Waals surface area contributed by atoms with E-state index in [9.17, 15) is 4.79 Å². The number of hydrogen-bond acceptors (Lipinski definition) is 4. The second-order valence-electron chi connectivity index (χ2n) is 4.04. The largest absolute Gasteiger partial charge is 0.301 e. The van der Waals surface area contributed by atoms with E-state index in [2.05, 4.69) is 27.9 Å². The Labute approximate surface area is 122 Å². The first-order valence-corrected chi connectivity index (χ1v) is 6.79. The zero-order chi connectivity index (χ0) is 13.0. The van der Waals surface area contributed by atoms with E-state index in [0.29, 0.717) is 5.16 Å². The average molecular weight is 298 g/mol. The van der Waals surface area contributed by atoms with Gasteiger partial charge in [0.25, 0.3) is 5.56 Å². The lowest BCUT2D eigenvalue weighted by Crippen LogP contribution is -2.08. The molecular weight excluding hydrogens is 282 g/mol. The molecule has 2 aromatic rings. The predicted octanol–water partition coefficient (Wildman–Crippen LogP) is 2.75. The maximum atomic E-state index is 11.3. The summed E-state index contributed by atoms with van der Waals surface area (Å²) in [6.45, 7) is 3.92. The van der Waals surface area contributed by atoms with Crippen molar-refractivity contribution in [3.8, 4) is 0 Å². The molecule has 1 N–H and O–H groups in total. The molecule has 0 radical (unpaired) electrons. The fourth-order valence-electron chi connectivity index (χ4n) is 1.59. The molecule has 0 unspecified atom stereocenters. The van der Waals surface area contributed by atoms with E-state index < -0.39 is 0 Å². The zero-order valence-electron chi connectivity index (χ0n) is 10.8. The second kappa shape index (κ2) is 7.31. The number of H-pyrrole nitrogens is 1. The quantitative estimate of drug-likeness (QED) is 0.696. The summed E-state index contributed by atoms with van der Waals surface area (Å²) < 4.78 is 0. The summed E-state index contributed by atoms with van der Waals surface area (Å²) in [6, 6.07) is 3.62. The maximum Gasteiger partial charge on any atom is 0.251 e. The number of aryl methyl sites for hydroxylation is 2. The molecule has 0 saturated heterocycles. The van der Waals surface area contributed by atoms with E-state index in [1.165, 1.54) is 23.4 Å². The molecule has 2 rings (SSSR count). The first-order valence-electron chi connectivity index (χ1n) is 5.81. The fraction of sp³-hybridized carbons (Fsp3) is 0.308. The highest BCUT2D eigenvalue weighted by Crippen LogP contribution is 2.18. The fourth-order valence-corrected chi connectivity index (χ4v) is 2.43. The number of nitrogens with one attached hydrogen (secondary N) is 1. The van der Waals surface area contributed by atoms with Crippen molar-refractivity contribution in [3.05, 3.63) is 51.7 Å². The molecule has 0 aliphatic rings. The first kappa shape index (κ1) is 15.7. The molecular formula is C13H16ClN3OS. The minimum atomic E-state index is -0.106. The summed E-state index contributed by atoms with van der Waals surface area (Å²) in [7, 11) is 0. The lowest BCUT2D eigenvalue weighted by molar-refractivity contribution is 0.905. The van der Waals surface area contributed by atoms with E-state index >= 15 is 0 Å². The number of rotatable bonds is 4. The third-order valence-corrected chi connectivity index (χ3v) is 3.43. The Hall–Kier alpha value is -1.33. The van der Waals surface area contributed by atoms with Gasteiger partial charge in [0.15, 0.2) is 5.16 Å². The Morgan fingerprint density at radius 2 is 2.00 bits per heavy atom. The molecule has 2 heterocycles. The summed E-state index contributed by atoms with van der Waals surface area (Å²) in [5.74, 6) is 0.757. The SMILES string of the molecule is CCc1cncc(CSc2nc(C)cc(=O)[nH]2)c1.Cl. The summed E-state index contributed by atoms with van der Waals surface area (Å²) in [6.07, 6.45) is 4.70. The standard InChI is InChI=1S/C13H15N3OS.ClH/c1-3-10-5-11(7-14-6-10)8-18-13-15-9(2)4-12(17)16-13;/h4-7H,3,8H2,1-2H3,(H,15,16,17);1H. The molecule has 0 atom stereocenters. The van der Waals surface area contributed by atoms with E-state index in [1.807, 2.05) is 19.3 Å².